The predicted octanol–water partition coefficient (Wildman–Crippen LogP) is 4.22. The van der Waals surface area contributed by atoms with E-state index in [-0.39, 0.29) is 17.6 Å². The van der Waals surface area contributed by atoms with Crippen molar-refractivity contribution in [2.24, 2.45) is 0 Å². The van der Waals surface area contributed by atoms with E-state index in [2.05, 4.69) is 0 Å². The van der Waals surface area contributed by atoms with Crippen molar-refractivity contribution in [3.8, 4) is 0 Å². The third-order valence-electron chi connectivity index (χ3n) is 3.87. The molecule has 2 aromatic carbocycles. The van der Waals surface area contributed by atoms with Gasteiger partial charge in [0.05, 0.1) is 0 Å². The quantitative estimate of drug-likeness (QED) is 0.651. The molecule has 0 saturated heterocycles. The average molecular weight is 244 g/mol. The molecule has 3 rings (SSSR count). The summed E-state index contributed by atoms with van der Waals surface area (Å²) in [5.74, 6) is -0.302. The molecule has 18 heavy (non-hydrogen) atoms. The maximum absolute atomic E-state index is 13.9. The first-order valence-electron chi connectivity index (χ1n) is 6.23. The van der Waals surface area contributed by atoms with Crippen molar-refractivity contribution < 1.29 is 8.78 Å². The van der Waals surface area contributed by atoms with Crippen molar-refractivity contribution in [1.29, 1.82) is 0 Å². The molecule has 2 aromatic rings. The van der Waals surface area contributed by atoms with Crippen LogP contribution in [0.4, 0.5) is 8.78 Å². The molecule has 0 aromatic heterocycles. The lowest BCUT2D eigenvalue weighted by Crippen LogP contribution is -2.01. The van der Waals surface area contributed by atoms with Gasteiger partial charge >= 0.3 is 0 Å². The maximum atomic E-state index is 13.9. The van der Waals surface area contributed by atoms with Gasteiger partial charge in [-0.3, -0.25) is 0 Å². The Morgan fingerprint density at radius 1 is 0.833 bits per heavy atom. The molecule has 1 aliphatic rings. The summed E-state index contributed by atoms with van der Waals surface area (Å²) in [5.41, 5.74) is 3.44. The topological polar surface area (TPSA) is 0 Å². The van der Waals surface area contributed by atoms with Crippen LogP contribution in [0, 0.1) is 11.6 Å². The minimum Gasteiger partial charge on any atom is -0.207 e. The third-order valence-corrected chi connectivity index (χ3v) is 3.87. The molecule has 0 saturated carbocycles. The van der Waals surface area contributed by atoms with Gasteiger partial charge in [0.1, 0.15) is 11.6 Å². The van der Waals surface area contributed by atoms with Gasteiger partial charge in [0.15, 0.2) is 0 Å². The summed E-state index contributed by atoms with van der Waals surface area (Å²) in [7, 11) is 0. The maximum Gasteiger partial charge on any atom is 0.126 e. The largest absolute Gasteiger partial charge is 0.207 e. The number of benzene rings is 2. The highest BCUT2D eigenvalue weighted by Crippen LogP contribution is 2.35. The number of fused-ring (bicyclic) bond motifs is 2. The highest BCUT2D eigenvalue weighted by molar-refractivity contribution is 5.45. The van der Waals surface area contributed by atoms with Crippen LogP contribution in [0.15, 0.2) is 36.4 Å². The molecular weight excluding hydrogens is 230 g/mol. The summed E-state index contributed by atoms with van der Waals surface area (Å²) in [6.45, 7) is 2.02. The summed E-state index contributed by atoms with van der Waals surface area (Å²) in [4.78, 5) is 0. The lowest BCUT2D eigenvalue weighted by Gasteiger charge is -2.15. The van der Waals surface area contributed by atoms with E-state index in [0.717, 1.165) is 22.3 Å². The van der Waals surface area contributed by atoms with Crippen LogP contribution in [0.3, 0.4) is 0 Å². The van der Waals surface area contributed by atoms with Crippen LogP contribution in [-0.4, -0.2) is 0 Å². The third kappa shape index (κ3) is 1.64. The van der Waals surface area contributed by atoms with Crippen molar-refractivity contribution in [2.75, 3.05) is 0 Å². The van der Waals surface area contributed by atoms with Crippen molar-refractivity contribution in [3.63, 3.8) is 0 Å². The van der Waals surface area contributed by atoms with Gasteiger partial charge in [-0.25, -0.2) is 8.78 Å². The molecule has 0 bridgehead atoms. The molecule has 0 unspecified atom stereocenters. The van der Waals surface area contributed by atoms with E-state index in [4.69, 9.17) is 0 Å². The van der Waals surface area contributed by atoms with E-state index < -0.39 is 0 Å². The zero-order chi connectivity index (χ0) is 12.7. The molecule has 0 aliphatic heterocycles. The zero-order valence-electron chi connectivity index (χ0n) is 10.2. The van der Waals surface area contributed by atoms with Gasteiger partial charge in [-0.1, -0.05) is 31.2 Å². The molecule has 0 radical (unpaired) electrons. The molecular formula is C16H14F2. The summed E-state index contributed by atoms with van der Waals surface area (Å²) in [6.07, 6.45) is 1.14. The van der Waals surface area contributed by atoms with Crippen molar-refractivity contribution in [1.82, 2.24) is 0 Å². The van der Waals surface area contributed by atoms with Crippen LogP contribution in [-0.2, 0) is 12.8 Å². The predicted molar refractivity (Wildman–Crippen MR) is 67.7 cm³/mol. The smallest absolute Gasteiger partial charge is 0.126 e. The van der Waals surface area contributed by atoms with Crippen molar-refractivity contribution in [2.45, 2.75) is 25.7 Å². The number of hydrogen-bond acceptors (Lipinski definition) is 0. The van der Waals surface area contributed by atoms with Crippen LogP contribution in [0.1, 0.15) is 35.1 Å². The van der Waals surface area contributed by atoms with Crippen molar-refractivity contribution in [3.05, 3.63) is 70.3 Å². The Hall–Kier alpha value is -1.70. The second-order valence-electron chi connectivity index (χ2n) is 4.84. The van der Waals surface area contributed by atoms with Crippen LogP contribution < -0.4 is 0 Å². The number of rotatable bonds is 0. The fourth-order valence-corrected chi connectivity index (χ4v) is 2.91. The van der Waals surface area contributed by atoms with E-state index in [1.807, 2.05) is 19.1 Å². The summed E-state index contributed by atoms with van der Waals surface area (Å²) in [6, 6.07) is 10.3. The molecule has 2 heteroatoms. The monoisotopic (exact) mass is 244 g/mol. The normalized spacial score (nSPS) is 14.8. The van der Waals surface area contributed by atoms with Crippen LogP contribution in [0.25, 0.3) is 0 Å². The van der Waals surface area contributed by atoms with Crippen LogP contribution >= 0.6 is 0 Å². The Morgan fingerprint density at radius 2 is 1.28 bits per heavy atom. The molecule has 0 N–H and O–H groups in total. The molecule has 0 atom stereocenters. The van der Waals surface area contributed by atoms with E-state index in [0.29, 0.717) is 12.8 Å². The van der Waals surface area contributed by atoms with Gasteiger partial charge in [0, 0.05) is 5.92 Å². The summed E-state index contributed by atoms with van der Waals surface area (Å²) in [5, 5.41) is 0. The Bertz CT molecular complexity index is 549. The average Bonchev–Trinajstić information content (AvgIpc) is 2.51. The first-order chi connectivity index (χ1) is 8.68. The van der Waals surface area contributed by atoms with Gasteiger partial charge < -0.3 is 0 Å². The van der Waals surface area contributed by atoms with E-state index in [1.165, 1.54) is 12.1 Å². The highest BCUT2D eigenvalue weighted by Gasteiger charge is 2.23. The summed E-state index contributed by atoms with van der Waals surface area (Å²) < 4.78 is 27.7. The fourth-order valence-electron chi connectivity index (χ4n) is 2.91. The van der Waals surface area contributed by atoms with Crippen LogP contribution in [0.2, 0.25) is 0 Å². The minimum atomic E-state index is -0.174. The second-order valence-corrected chi connectivity index (χ2v) is 4.84. The molecule has 0 fully saturated rings. The SMILES string of the molecule is CC1c2cccc(F)c2CCc2c(F)cccc21. The Labute approximate surface area is 105 Å². The molecule has 1 aliphatic carbocycles. The van der Waals surface area contributed by atoms with Gasteiger partial charge in [0.2, 0.25) is 0 Å². The molecule has 0 nitrogen and oxygen atoms in total. The van der Waals surface area contributed by atoms with Gasteiger partial charge in [0.25, 0.3) is 0 Å². The fraction of sp³-hybridized carbons (Fsp3) is 0.250. The Balaban J connectivity index is 2.22. The standard InChI is InChI=1S/C16H14F2/c1-10-11-4-2-6-15(17)13(11)8-9-14-12(10)5-3-7-16(14)18/h2-7,10H,8-9H2,1H3. The van der Waals surface area contributed by atoms with Gasteiger partial charge in [-0.2, -0.15) is 0 Å². The lowest BCUT2D eigenvalue weighted by atomic mass is 9.89. The lowest BCUT2D eigenvalue weighted by molar-refractivity contribution is 0.596. The Morgan fingerprint density at radius 3 is 1.72 bits per heavy atom. The molecule has 0 heterocycles. The molecule has 0 spiro atoms. The van der Waals surface area contributed by atoms with E-state index in [1.54, 1.807) is 12.1 Å². The molecule has 0 amide bonds. The minimum absolute atomic E-state index is 0.0453. The first kappa shape index (κ1) is 11.4. The van der Waals surface area contributed by atoms with Crippen molar-refractivity contribution >= 4 is 0 Å². The highest BCUT2D eigenvalue weighted by atomic mass is 19.1. The second kappa shape index (κ2) is 4.20. The molecule has 92 valence electrons. The van der Waals surface area contributed by atoms with Gasteiger partial charge in [-0.05, 0) is 47.2 Å². The number of halogens is 2. The van der Waals surface area contributed by atoms with E-state index >= 15 is 0 Å². The van der Waals surface area contributed by atoms with E-state index in [9.17, 15) is 8.78 Å². The Kier molecular flexibility index (Phi) is 2.66. The zero-order valence-corrected chi connectivity index (χ0v) is 10.2. The number of hydrogen-bond donors (Lipinski definition) is 0. The first-order valence-corrected chi connectivity index (χ1v) is 6.23. The summed E-state index contributed by atoms with van der Waals surface area (Å²) >= 11 is 0. The van der Waals surface area contributed by atoms with Gasteiger partial charge in [-0.15, -0.1) is 0 Å². The van der Waals surface area contributed by atoms with Crippen LogP contribution in [0.5, 0.6) is 0 Å².